The summed E-state index contributed by atoms with van der Waals surface area (Å²) in [7, 11) is 0. The van der Waals surface area contributed by atoms with Gasteiger partial charge in [0.05, 0.1) is 18.4 Å². The van der Waals surface area contributed by atoms with Crippen molar-refractivity contribution in [1.29, 1.82) is 0 Å². The molecule has 0 aromatic carbocycles. The minimum atomic E-state index is 0.0316. The van der Waals surface area contributed by atoms with E-state index in [-0.39, 0.29) is 5.56 Å². The van der Waals surface area contributed by atoms with E-state index >= 15 is 0 Å². The highest BCUT2D eigenvalue weighted by molar-refractivity contribution is 5.19. The molecule has 1 aliphatic carbocycles. The molecule has 0 amide bonds. The van der Waals surface area contributed by atoms with E-state index < -0.39 is 0 Å². The molecule has 2 fully saturated rings. The summed E-state index contributed by atoms with van der Waals surface area (Å²) in [5, 5.41) is 9.24. The molecule has 1 atom stereocenters. The van der Waals surface area contributed by atoms with Gasteiger partial charge in [-0.2, -0.15) is 10.2 Å². The number of hydrogen-bond donors (Lipinski definition) is 0. The lowest BCUT2D eigenvalue weighted by Gasteiger charge is -2.25. The lowest BCUT2D eigenvalue weighted by molar-refractivity contribution is 0.215. The Morgan fingerprint density at radius 3 is 2.88 bits per heavy atom. The molecule has 26 heavy (non-hydrogen) atoms. The number of fused-ring (bicyclic) bond motifs is 1. The predicted octanol–water partition coefficient (Wildman–Crippen LogP) is 2.32. The zero-order valence-electron chi connectivity index (χ0n) is 15.3. The maximum absolute atomic E-state index is 12.3. The van der Waals surface area contributed by atoms with Crippen LogP contribution in [0.4, 0.5) is 0 Å². The molecule has 138 valence electrons. The molecule has 3 aliphatic rings. The molecule has 0 spiro atoms. The average Bonchev–Trinajstić information content (AvgIpc) is 3.30. The zero-order chi connectivity index (χ0) is 17.5. The Labute approximate surface area is 153 Å². The van der Waals surface area contributed by atoms with Crippen LogP contribution in [0.25, 0.3) is 0 Å². The van der Waals surface area contributed by atoms with Gasteiger partial charge >= 0.3 is 0 Å². The Morgan fingerprint density at radius 1 is 1.08 bits per heavy atom. The van der Waals surface area contributed by atoms with Crippen LogP contribution in [-0.4, -0.2) is 37.0 Å². The van der Waals surface area contributed by atoms with Crippen LogP contribution in [0.5, 0.6) is 0 Å². The highest BCUT2D eigenvalue weighted by Crippen LogP contribution is 2.38. The van der Waals surface area contributed by atoms with Gasteiger partial charge in [-0.15, -0.1) is 0 Å². The number of aryl methyl sites for hydroxylation is 1. The van der Waals surface area contributed by atoms with Crippen LogP contribution in [-0.2, 0) is 26.1 Å². The maximum atomic E-state index is 12.3. The molecule has 1 unspecified atom stereocenters. The fourth-order valence-corrected chi connectivity index (χ4v) is 4.54. The maximum Gasteiger partial charge on any atom is 0.266 e. The van der Waals surface area contributed by atoms with Crippen LogP contribution >= 0.6 is 0 Å². The van der Waals surface area contributed by atoms with E-state index in [9.17, 15) is 4.79 Å². The van der Waals surface area contributed by atoms with Crippen molar-refractivity contribution in [2.24, 2.45) is 0 Å². The van der Waals surface area contributed by atoms with E-state index in [1.54, 1.807) is 10.7 Å². The van der Waals surface area contributed by atoms with Crippen LogP contribution in [0, 0.1) is 0 Å². The molecule has 2 aliphatic heterocycles. The summed E-state index contributed by atoms with van der Waals surface area (Å²) < 4.78 is 3.90. The first-order chi connectivity index (χ1) is 12.8. The van der Waals surface area contributed by atoms with E-state index in [0.717, 1.165) is 38.2 Å². The Bertz CT molecular complexity index is 850. The number of hydrogen-bond acceptors (Lipinski definition) is 4. The summed E-state index contributed by atoms with van der Waals surface area (Å²) in [6.07, 6.45) is 10.5. The third kappa shape index (κ3) is 3.11. The van der Waals surface area contributed by atoms with Gasteiger partial charge in [-0.1, -0.05) is 0 Å². The van der Waals surface area contributed by atoms with Crippen molar-refractivity contribution in [1.82, 2.24) is 24.5 Å². The Kier molecular flexibility index (Phi) is 4.15. The van der Waals surface area contributed by atoms with Gasteiger partial charge in [0.25, 0.3) is 5.56 Å². The molecule has 2 aromatic rings. The average molecular weight is 353 g/mol. The van der Waals surface area contributed by atoms with E-state index in [2.05, 4.69) is 26.0 Å². The van der Waals surface area contributed by atoms with Gasteiger partial charge in [-0.3, -0.25) is 14.4 Å². The molecule has 0 radical (unpaired) electrons. The van der Waals surface area contributed by atoms with Crippen LogP contribution in [0.3, 0.4) is 0 Å². The molecule has 6 nitrogen and oxygen atoms in total. The molecule has 2 aromatic heterocycles. The van der Waals surface area contributed by atoms with Gasteiger partial charge in [-0.05, 0) is 57.6 Å². The number of likely N-dealkylation sites (tertiary alicyclic amines) is 1. The number of rotatable bonds is 5. The van der Waals surface area contributed by atoms with Crippen molar-refractivity contribution < 1.29 is 0 Å². The van der Waals surface area contributed by atoms with Crippen LogP contribution in [0.1, 0.15) is 61.4 Å². The van der Waals surface area contributed by atoms with Crippen LogP contribution in [0.2, 0.25) is 0 Å². The molecule has 4 heterocycles. The molecule has 1 saturated carbocycles. The highest BCUT2D eigenvalue weighted by Gasteiger charge is 2.29. The first kappa shape index (κ1) is 16.2. The SMILES string of the molecule is O=c1ccc(C2CC2)nn1CC1CCCN1Cc1cnn2c1CCCC2. The second-order valence-electron chi connectivity index (χ2n) is 8.12. The molecule has 0 N–H and O–H groups in total. The second kappa shape index (κ2) is 6.65. The fraction of sp³-hybridized carbons (Fsp3) is 0.650. The first-order valence-corrected chi connectivity index (χ1v) is 10.1. The number of nitrogens with zero attached hydrogens (tertiary/aromatic N) is 5. The predicted molar refractivity (Wildman–Crippen MR) is 99.1 cm³/mol. The van der Waals surface area contributed by atoms with Gasteiger partial charge < -0.3 is 0 Å². The monoisotopic (exact) mass is 353 g/mol. The normalized spacial score (nSPS) is 23.3. The third-order valence-corrected chi connectivity index (χ3v) is 6.21. The third-order valence-electron chi connectivity index (χ3n) is 6.21. The lowest BCUT2D eigenvalue weighted by Crippen LogP contribution is -2.37. The van der Waals surface area contributed by atoms with Crippen molar-refractivity contribution in [3.05, 3.63) is 45.6 Å². The minimum Gasteiger partial charge on any atom is -0.294 e. The summed E-state index contributed by atoms with van der Waals surface area (Å²) >= 11 is 0. The van der Waals surface area contributed by atoms with Gasteiger partial charge in [0.15, 0.2) is 0 Å². The topological polar surface area (TPSA) is 56.0 Å². The van der Waals surface area contributed by atoms with Crippen molar-refractivity contribution >= 4 is 0 Å². The molecule has 6 heteroatoms. The second-order valence-corrected chi connectivity index (χ2v) is 8.12. The summed E-state index contributed by atoms with van der Waals surface area (Å²) in [5.41, 5.74) is 3.93. The van der Waals surface area contributed by atoms with E-state index in [4.69, 9.17) is 0 Å². The smallest absolute Gasteiger partial charge is 0.266 e. The summed E-state index contributed by atoms with van der Waals surface area (Å²) in [6, 6.07) is 4.02. The van der Waals surface area contributed by atoms with Gasteiger partial charge in [0.2, 0.25) is 0 Å². The number of aromatic nitrogens is 4. The lowest BCUT2D eigenvalue weighted by atomic mass is 10.1. The van der Waals surface area contributed by atoms with Gasteiger partial charge in [0.1, 0.15) is 0 Å². The van der Waals surface area contributed by atoms with Gasteiger partial charge in [-0.25, -0.2) is 4.68 Å². The van der Waals surface area contributed by atoms with Crippen molar-refractivity contribution in [3.8, 4) is 0 Å². The van der Waals surface area contributed by atoms with Crippen molar-refractivity contribution in [2.75, 3.05) is 6.54 Å². The van der Waals surface area contributed by atoms with Gasteiger partial charge in [0, 0.05) is 42.4 Å². The quantitative estimate of drug-likeness (QED) is 0.828. The standard InChI is InChI=1S/C20H27N5O/c26-20-9-8-18(15-6-7-15)22-25(20)14-17-4-3-10-23(17)13-16-12-21-24-11-2-1-5-19(16)24/h8-9,12,15,17H,1-7,10-11,13-14H2. The van der Waals surface area contributed by atoms with E-state index in [0.29, 0.717) is 18.5 Å². The molecule has 5 rings (SSSR count). The highest BCUT2D eigenvalue weighted by atomic mass is 16.1. The molecule has 1 saturated heterocycles. The zero-order valence-corrected chi connectivity index (χ0v) is 15.3. The van der Waals surface area contributed by atoms with Crippen LogP contribution < -0.4 is 5.56 Å². The minimum absolute atomic E-state index is 0.0316. The van der Waals surface area contributed by atoms with Crippen LogP contribution in [0.15, 0.2) is 23.1 Å². The van der Waals surface area contributed by atoms with Crippen molar-refractivity contribution in [2.45, 2.75) is 76.5 Å². The summed E-state index contributed by atoms with van der Waals surface area (Å²) in [4.78, 5) is 14.8. The van der Waals surface area contributed by atoms with Crippen molar-refractivity contribution in [3.63, 3.8) is 0 Å². The van der Waals surface area contributed by atoms with E-state index in [1.165, 1.54) is 43.4 Å². The van der Waals surface area contributed by atoms with E-state index in [1.807, 2.05) is 6.07 Å². The Hall–Kier alpha value is -1.95. The summed E-state index contributed by atoms with van der Waals surface area (Å²) in [6.45, 7) is 3.83. The first-order valence-electron chi connectivity index (χ1n) is 10.1. The molecule has 0 bridgehead atoms. The summed E-state index contributed by atoms with van der Waals surface area (Å²) in [5.74, 6) is 0.584. The largest absolute Gasteiger partial charge is 0.294 e. The Morgan fingerprint density at radius 2 is 2.00 bits per heavy atom. The Balaban J connectivity index is 1.32. The molecular formula is C20H27N5O. The fourth-order valence-electron chi connectivity index (χ4n) is 4.54. The molecular weight excluding hydrogens is 326 g/mol.